The monoisotopic (exact) mass is 441 g/mol. The molecule has 0 fully saturated rings. The molecule has 1 aromatic heterocycles. The first kappa shape index (κ1) is 19.8. The Morgan fingerprint density at radius 1 is 1.15 bits per heavy atom. The van der Waals surface area contributed by atoms with Crippen LogP contribution in [0.25, 0.3) is 11.4 Å². The van der Waals surface area contributed by atoms with Gasteiger partial charge in [0.25, 0.3) is 0 Å². The summed E-state index contributed by atoms with van der Waals surface area (Å²) in [4.78, 5) is 12.2. The molecule has 0 aliphatic heterocycles. The van der Waals surface area contributed by atoms with E-state index in [0.29, 0.717) is 37.3 Å². The minimum atomic E-state index is -0.198. The Balaban J connectivity index is 1.69. The average Bonchev–Trinajstić information content (AvgIpc) is 2.98. The van der Waals surface area contributed by atoms with E-state index in [2.05, 4.69) is 15.5 Å². The molecule has 0 radical (unpaired) electrons. The standard InChI is InChI=1S/C17H14Cl3N5OS/c1-9-6-10(18)3-5-14(9)22-15(26)8-27-17-24-23-16(25(17)21)12-7-11(19)2-4-13(12)20/h2-7H,8,21H2,1H3,(H,22,26). The Kier molecular flexibility index (Phi) is 6.16. The highest BCUT2D eigenvalue weighted by atomic mass is 35.5. The van der Waals surface area contributed by atoms with E-state index in [0.717, 1.165) is 17.3 Å². The summed E-state index contributed by atoms with van der Waals surface area (Å²) in [5, 5.41) is 12.8. The van der Waals surface area contributed by atoms with Gasteiger partial charge in [-0.05, 0) is 48.9 Å². The second kappa shape index (κ2) is 8.39. The number of nitrogens with one attached hydrogen (secondary N) is 1. The predicted octanol–water partition coefficient (Wildman–Crippen LogP) is 4.66. The maximum Gasteiger partial charge on any atom is 0.234 e. The molecule has 0 aliphatic carbocycles. The number of benzene rings is 2. The maximum atomic E-state index is 12.2. The molecule has 140 valence electrons. The molecule has 1 amide bonds. The van der Waals surface area contributed by atoms with Crippen LogP contribution in [0.1, 0.15) is 5.56 Å². The van der Waals surface area contributed by atoms with Crippen LogP contribution >= 0.6 is 46.6 Å². The van der Waals surface area contributed by atoms with Crippen LogP contribution in [0.3, 0.4) is 0 Å². The van der Waals surface area contributed by atoms with Crippen LogP contribution in [0.4, 0.5) is 5.69 Å². The zero-order valence-corrected chi connectivity index (χ0v) is 17.1. The number of nitrogens with two attached hydrogens (primary N) is 1. The Morgan fingerprint density at radius 2 is 1.85 bits per heavy atom. The largest absolute Gasteiger partial charge is 0.335 e. The van der Waals surface area contributed by atoms with Crippen LogP contribution in [0.2, 0.25) is 15.1 Å². The Labute approximate surface area is 175 Å². The van der Waals surface area contributed by atoms with Crippen molar-refractivity contribution in [1.82, 2.24) is 14.9 Å². The molecule has 2 aromatic carbocycles. The number of aryl methyl sites for hydroxylation is 1. The topological polar surface area (TPSA) is 85.8 Å². The van der Waals surface area contributed by atoms with Gasteiger partial charge < -0.3 is 11.2 Å². The van der Waals surface area contributed by atoms with Crippen molar-refractivity contribution in [2.24, 2.45) is 0 Å². The molecule has 0 spiro atoms. The molecule has 0 saturated carbocycles. The van der Waals surface area contributed by atoms with Gasteiger partial charge in [0.1, 0.15) is 0 Å². The molecule has 3 N–H and O–H groups in total. The van der Waals surface area contributed by atoms with E-state index in [1.165, 1.54) is 4.68 Å². The van der Waals surface area contributed by atoms with E-state index in [4.69, 9.17) is 40.6 Å². The van der Waals surface area contributed by atoms with Crippen molar-refractivity contribution in [2.75, 3.05) is 16.9 Å². The number of aromatic nitrogens is 3. The smallest absolute Gasteiger partial charge is 0.234 e. The molecule has 27 heavy (non-hydrogen) atoms. The van der Waals surface area contributed by atoms with Gasteiger partial charge in [0, 0.05) is 21.3 Å². The molecule has 0 bridgehead atoms. The number of carbonyl (C=O) groups is 1. The van der Waals surface area contributed by atoms with Gasteiger partial charge in [0.2, 0.25) is 11.1 Å². The van der Waals surface area contributed by atoms with Crippen molar-refractivity contribution >= 4 is 58.2 Å². The highest BCUT2D eigenvalue weighted by molar-refractivity contribution is 7.99. The third-order valence-corrected chi connectivity index (χ3v) is 5.37. The first-order chi connectivity index (χ1) is 12.8. The van der Waals surface area contributed by atoms with Crippen molar-refractivity contribution < 1.29 is 4.79 Å². The highest BCUT2D eigenvalue weighted by Gasteiger charge is 2.16. The Bertz CT molecular complexity index is 1010. The van der Waals surface area contributed by atoms with Crippen LogP contribution in [-0.2, 0) is 4.79 Å². The molecule has 10 heteroatoms. The number of anilines is 1. The second-order valence-corrected chi connectivity index (χ2v) is 7.82. The summed E-state index contributed by atoms with van der Waals surface area (Å²) in [6.45, 7) is 1.87. The fourth-order valence-electron chi connectivity index (χ4n) is 2.31. The van der Waals surface area contributed by atoms with Crippen molar-refractivity contribution in [3.8, 4) is 11.4 Å². The van der Waals surface area contributed by atoms with Gasteiger partial charge in [0.15, 0.2) is 5.82 Å². The van der Waals surface area contributed by atoms with Crippen LogP contribution in [-0.4, -0.2) is 26.5 Å². The zero-order chi connectivity index (χ0) is 19.6. The van der Waals surface area contributed by atoms with Crippen molar-refractivity contribution in [1.29, 1.82) is 0 Å². The van der Waals surface area contributed by atoms with Crippen LogP contribution in [0.5, 0.6) is 0 Å². The lowest BCUT2D eigenvalue weighted by Crippen LogP contribution is -2.17. The first-order valence-corrected chi connectivity index (χ1v) is 9.82. The summed E-state index contributed by atoms with van der Waals surface area (Å²) in [6, 6.07) is 10.2. The van der Waals surface area contributed by atoms with Gasteiger partial charge >= 0.3 is 0 Å². The SMILES string of the molecule is Cc1cc(Cl)ccc1NC(=O)CSc1nnc(-c2cc(Cl)ccc2Cl)n1N. The first-order valence-electron chi connectivity index (χ1n) is 7.70. The van der Waals surface area contributed by atoms with E-state index < -0.39 is 0 Å². The van der Waals surface area contributed by atoms with E-state index in [1.54, 1.807) is 36.4 Å². The lowest BCUT2D eigenvalue weighted by Gasteiger charge is -2.08. The number of amides is 1. The number of carbonyl (C=O) groups excluding carboxylic acids is 1. The van der Waals surface area contributed by atoms with Crippen LogP contribution < -0.4 is 11.2 Å². The van der Waals surface area contributed by atoms with Crippen LogP contribution in [0, 0.1) is 6.92 Å². The molecule has 0 atom stereocenters. The van der Waals surface area contributed by atoms with Crippen molar-refractivity contribution in [3.05, 3.63) is 57.0 Å². The lowest BCUT2D eigenvalue weighted by molar-refractivity contribution is -0.113. The van der Waals surface area contributed by atoms with Gasteiger partial charge in [0.05, 0.1) is 10.8 Å². The number of hydrogen-bond donors (Lipinski definition) is 2. The molecular weight excluding hydrogens is 429 g/mol. The third-order valence-electron chi connectivity index (χ3n) is 3.63. The van der Waals surface area contributed by atoms with Crippen LogP contribution in [0.15, 0.2) is 41.6 Å². The molecular formula is C17H14Cl3N5OS. The average molecular weight is 443 g/mol. The third kappa shape index (κ3) is 4.68. The summed E-state index contributed by atoms with van der Waals surface area (Å²) in [6.07, 6.45) is 0. The number of nitrogen functional groups attached to an aromatic ring is 1. The molecule has 0 saturated heterocycles. The summed E-state index contributed by atoms with van der Waals surface area (Å²) < 4.78 is 1.28. The molecule has 0 unspecified atom stereocenters. The number of hydrogen-bond acceptors (Lipinski definition) is 5. The summed E-state index contributed by atoms with van der Waals surface area (Å²) in [7, 11) is 0. The second-order valence-electron chi connectivity index (χ2n) is 5.60. The van der Waals surface area contributed by atoms with E-state index in [1.807, 2.05) is 6.92 Å². The predicted molar refractivity (Wildman–Crippen MR) is 111 cm³/mol. The number of halogens is 3. The molecule has 3 aromatic rings. The van der Waals surface area contributed by atoms with Crippen molar-refractivity contribution in [2.45, 2.75) is 12.1 Å². The van der Waals surface area contributed by atoms with Gasteiger partial charge in [-0.25, -0.2) is 4.68 Å². The maximum absolute atomic E-state index is 12.2. The normalized spacial score (nSPS) is 10.8. The lowest BCUT2D eigenvalue weighted by atomic mass is 10.2. The minimum absolute atomic E-state index is 0.112. The number of thioether (sulfide) groups is 1. The number of nitrogens with zero attached hydrogens (tertiary/aromatic N) is 3. The van der Waals surface area contributed by atoms with Gasteiger partial charge in [-0.15, -0.1) is 10.2 Å². The van der Waals surface area contributed by atoms with E-state index in [-0.39, 0.29) is 11.7 Å². The Hall–Kier alpha value is -1.93. The van der Waals surface area contributed by atoms with E-state index >= 15 is 0 Å². The zero-order valence-electron chi connectivity index (χ0n) is 14.0. The van der Waals surface area contributed by atoms with Gasteiger partial charge in [-0.1, -0.05) is 46.6 Å². The molecule has 0 aliphatic rings. The fraction of sp³-hybridized carbons (Fsp3) is 0.118. The summed E-state index contributed by atoms with van der Waals surface area (Å²) in [5.41, 5.74) is 2.14. The summed E-state index contributed by atoms with van der Waals surface area (Å²) >= 11 is 19.3. The van der Waals surface area contributed by atoms with Gasteiger partial charge in [-0.2, -0.15) is 0 Å². The molecule has 1 heterocycles. The quantitative estimate of drug-likeness (QED) is 0.443. The van der Waals surface area contributed by atoms with E-state index in [9.17, 15) is 4.79 Å². The summed E-state index contributed by atoms with van der Waals surface area (Å²) in [5.74, 6) is 6.33. The fourth-order valence-corrected chi connectivity index (χ4v) is 3.57. The minimum Gasteiger partial charge on any atom is -0.335 e. The Morgan fingerprint density at radius 3 is 2.59 bits per heavy atom. The van der Waals surface area contributed by atoms with Gasteiger partial charge in [-0.3, -0.25) is 4.79 Å². The van der Waals surface area contributed by atoms with Crippen molar-refractivity contribution in [3.63, 3.8) is 0 Å². The molecule has 6 nitrogen and oxygen atoms in total. The number of rotatable bonds is 5. The molecule has 3 rings (SSSR count). The highest BCUT2D eigenvalue weighted by Crippen LogP contribution is 2.30.